The molecule has 0 heterocycles. The molecule has 0 unspecified atom stereocenters. The van der Waals surface area contributed by atoms with Crippen LogP contribution in [0.2, 0.25) is 0 Å². The van der Waals surface area contributed by atoms with Gasteiger partial charge >= 0.3 is 5.97 Å². The summed E-state index contributed by atoms with van der Waals surface area (Å²) < 4.78 is 4.84. The van der Waals surface area contributed by atoms with Gasteiger partial charge in [0, 0.05) is 0 Å². The third-order valence-electron chi connectivity index (χ3n) is 1.76. The van der Waals surface area contributed by atoms with Crippen LogP contribution in [-0.4, -0.2) is 61.0 Å². The molecule has 84 valence electrons. The van der Waals surface area contributed by atoms with E-state index in [1.807, 2.05) is 0 Å². The van der Waals surface area contributed by atoms with Gasteiger partial charge in [-0.3, -0.25) is 4.79 Å². The topological polar surface area (TPSA) is 71.2 Å². The van der Waals surface area contributed by atoms with Crippen molar-refractivity contribution in [2.24, 2.45) is 0 Å². The molecule has 0 bridgehead atoms. The standard InChI is InChI=1S/C8H16BrNO4/c9-7-8(13)14-6-3-10(1-4-11)2-5-12/h11-12H,1-7H2/p+1. The van der Waals surface area contributed by atoms with E-state index >= 15 is 0 Å². The van der Waals surface area contributed by atoms with E-state index in [-0.39, 0.29) is 24.5 Å². The van der Waals surface area contributed by atoms with Crippen LogP contribution in [0.3, 0.4) is 0 Å². The Labute approximate surface area is 91.8 Å². The zero-order valence-corrected chi connectivity index (χ0v) is 9.62. The van der Waals surface area contributed by atoms with E-state index in [2.05, 4.69) is 15.9 Å². The van der Waals surface area contributed by atoms with Gasteiger partial charge in [0.15, 0.2) is 0 Å². The monoisotopic (exact) mass is 270 g/mol. The number of hydrogen-bond donors (Lipinski definition) is 3. The summed E-state index contributed by atoms with van der Waals surface area (Å²) in [6.45, 7) is 2.20. The number of esters is 1. The summed E-state index contributed by atoms with van der Waals surface area (Å²) >= 11 is 2.98. The van der Waals surface area contributed by atoms with Gasteiger partial charge in [0.25, 0.3) is 0 Å². The van der Waals surface area contributed by atoms with Crippen LogP contribution in [0, 0.1) is 0 Å². The van der Waals surface area contributed by atoms with E-state index in [4.69, 9.17) is 14.9 Å². The number of carbonyl (C=O) groups excluding carboxylic acids is 1. The fourth-order valence-corrected chi connectivity index (χ4v) is 1.20. The largest absolute Gasteiger partial charge is 0.459 e. The van der Waals surface area contributed by atoms with Gasteiger partial charge in [-0.15, -0.1) is 0 Å². The Hall–Kier alpha value is -0.170. The lowest BCUT2D eigenvalue weighted by atomic mass is 10.4. The molecule has 3 N–H and O–H groups in total. The second-order valence-electron chi connectivity index (χ2n) is 2.80. The van der Waals surface area contributed by atoms with E-state index in [0.717, 1.165) is 4.90 Å². The van der Waals surface area contributed by atoms with Gasteiger partial charge in [0.1, 0.15) is 31.6 Å². The molecule has 0 aliphatic carbocycles. The second kappa shape index (κ2) is 9.39. The molecule has 0 aromatic rings. The summed E-state index contributed by atoms with van der Waals surface area (Å²) in [6.07, 6.45) is 0. The molecule has 0 aliphatic heterocycles. The highest BCUT2D eigenvalue weighted by Crippen LogP contribution is 1.83. The van der Waals surface area contributed by atoms with Gasteiger partial charge in [-0.1, -0.05) is 15.9 Å². The molecule has 0 saturated heterocycles. The molecule has 5 nitrogen and oxygen atoms in total. The van der Waals surface area contributed by atoms with Crippen LogP contribution in [0.1, 0.15) is 0 Å². The van der Waals surface area contributed by atoms with Crippen molar-refractivity contribution in [2.75, 3.05) is 44.8 Å². The van der Waals surface area contributed by atoms with Crippen LogP contribution in [0.4, 0.5) is 0 Å². The Morgan fingerprint density at radius 3 is 2.21 bits per heavy atom. The van der Waals surface area contributed by atoms with Crippen LogP contribution in [0.5, 0.6) is 0 Å². The SMILES string of the molecule is O=C(CBr)OCC[NH+](CCO)CCO. The predicted octanol–water partition coefficient (Wildman–Crippen LogP) is -2.21. The Kier molecular flexibility index (Phi) is 9.27. The highest BCUT2D eigenvalue weighted by atomic mass is 79.9. The summed E-state index contributed by atoms with van der Waals surface area (Å²) in [7, 11) is 0. The quantitative estimate of drug-likeness (QED) is 0.346. The maximum atomic E-state index is 10.7. The number of hydrogen-bond acceptors (Lipinski definition) is 4. The molecule has 0 fully saturated rings. The summed E-state index contributed by atoms with van der Waals surface area (Å²) in [6, 6.07) is 0. The van der Waals surface area contributed by atoms with Crippen molar-refractivity contribution in [2.45, 2.75) is 0 Å². The minimum Gasteiger partial charge on any atom is -0.459 e. The third-order valence-corrected chi connectivity index (χ3v) is 2.22. The number of quaternary nitrogens is 1. The third kappa shape index (κ3) is 7.25. The molecule has 0 radical (unpaired) electrons. The van der Waals surface area contributed by atoms with E-state index in [0.29, 0.717) is 26.2 Å². The predicted molar refractivity (Wildman–Crippen MR) is 54.5 cm³/mol. The molecule has 6 heteroatoms. The lowest BCUT2D eigenvalue weighted by Crippen LogP contribution is -3.13. The number of nitrogens with one attached hydrogen (secondary N) is 1. The number of ether oxygens (including phenoxy) is 1. The zero-order valence-electron chi connectivity index (χ0n) is 8.04. The molecule has 0 atom stereocenters. The number of aliphatic hydroxyl groups is 2. The van der Waals surface area contributed by atoms with E-state index in [1.165, 1.54) is 0 Å². The van der Waals surface area contributed by atoms with Crippen molar-refractivity contribution in [1.29, 1.82) is 0 Å². The number of aliphatic hydroxyl groups excluding tert-OH is 2. The van der Waals surface area contributed by atoms with Gasteiger partial charge in [0.05, 0.1) is 13.2 Å². The van der Waals surface area contributed by atoms with Crippen molar-refractivity contribution >= 4 is 21.9 Å². The Balaban J connectivity index is 3.54. The van der Waals surface area contributed by atoms with Crippen molar-refractivity contribution in [3.8, 4) is 0 Å². The van der Waals surface area contributed by atoms with Crippen LogP contribution >= 0.6 is 15.9 Å². The fourth-order valence-electron chi connectivity index (χ4n) is 1.04. The molecular weight excluding hydrogens is 254 g/mol. The summed E-state index contributed by atoms with van der Waals surface area (Å²) in [5.74, 6) is -0.294. The molecule has 0 amide bonds. The first-order valence-corrected chi connectivity index (χ1v) is 5.63. The zero-order chi connectivity index (χ0) is 10.8. The van der Waals surface area contributed by atoms with Crippen molar-refractivity contribution in [3.05, 3.63) is 0 Å². The number of halogens is 1. The molecule has 0 aromatic carbocycles. The number of rotatable bonds is 8. The van der Waals surface area contributed by atoms with Crippen LogP contribution in [0.25, 0.3) is 0 Å². The normalized spacial score (nSPS) is 10.6. The molecule has 0 rings (SSSR count). The van der Waals surface area contributed by atoms with Crippen LogP contribution in [0.15, 0.2) is 0 Å². The smallest absolute Gasteiger partial charge is 0.316 e. The van der Waals surface area contributed by atoms with Gasteiger partial charge < -0.3 is 19.8 Å². The maximum Gasteiger partial charge on any atom is 0.316 e. The highest BCUT2D eigenvalue weighted by molar-refractivity contribution is 9.09. The minimum absolute atomic E-state index is 0.0712. The maximum absolute atomic E-state index is 10.7. The Morgan fingerprint density at radius 2 is 1.79 bits per heavy atom. The average Bonchev–Trinajstić information content (AvgIpc) is 2.18. The van der Waals surface area contributed by atoms with Gasteiger partial charge in [0.2, 0.25) is 0 Å². The van der Waals surface area contributed by atoms with Crippen molar-refractivity contribution in [1.82, 2.24) is 0 Å². The molecule has 0 spiro atoms. The van der Waals surface area contributed by atoms with Crippen LogP contribution in [-0.2, 0) is 9.53 Å². The summed E-state index contributed by atoms with van der Waals surface area (Å²) in [5.41, 5.74) is 0. The second-order valence-corrected chi connectivity index (χ2v) is 3.36. The van der Waals surface area contributed by atoms with Gasteiger partial charge in [-0.25, -0.2) is 0 Å². The first kappa shape index (κ1) is 13.8. The van der Waals surface area contributed by atoms with Crippen molar-refractivity contribution < 1.29 is 24.6 Å². The van der Waals surface area contributed by atoms with E-state index in [9.17, 15) is 4.79 Å². The Morgan fingerprint density at radius 1 is 1.21 bits per heavy atom. The van der Waals surface area contributed by atoms with Crippen molar-refractivity contribution in [3.63, 3.8) is 0 Å². The lowest BCUT2D eigenvalue weighted by Gasteiger charge is -2.16. The van der Waals surface area contributed by atoms with Gasteiger partial charge in [-0.05, 0) is 0 Å². The lowest BCUT2D eigenvalue weighted by molar-refractivity contribution is -0.900. The average molecular weight is 271 g/mol. The first-order chi connectivity index (χ1) is 6.74. The fraction of sp³-hybridized carbons (Fsp3) is 0.875. The van der Waals surface area contributed by atoms with E-state index < -0.39 is 0 Å². The molecule has 0 aromatic heterocycles. The number of carbonyl (C=O) groups is 1. The Bertz CT molecular complexity index is 150. The first-order valence-electron chi connectivity index (χ1n) is 4.51. The summed E-state index contributed by atoms with van der Waals surface area (Å²) in [5, 5.41) is 17.6. The molecule has 14 heavy (non-hydrogen) atoms. The minimum atomic E-state index is -0.294. The number of alkyl halides is 1. The summed E-state index contributed by atoms with van der Waals surface area (Å²) in [4.78, 5) is 11.8. The van der Waals surface area contributed by atoms with Crippen LogP contribution < -0.4 is 4.90 Å². The van der Waals surface area contributed by atoms with E-state index in [1.54, 1.807) is 0 Å². The molecular formula is C8H17BrNO4+. The molecule has 0 saturated carbocycles. The molecule has 0 aliphatic rings. The highest BCUT2D eigenvalue weighted by Gasteiger charge is 2.08. The van der Waals surface area contributed by atoms with Gasteiger partial charge in [-0.2, -0.15) is 0 Å².